The summed E-state index contributed by atoms with van der Waals surface area (Å²) in [6.45, 7) is 9.27. The highest BCUT2D eigenvalue weighted by Gasteiger charge is 2.34. The molecule has 1 aromatic rings. The highest BCUT2D eigenvalue weighted by atomic mass is 127. The van der Waals surface area contributed by atoms with Crippen LogP contribution < -0.4 is 4.74 Å². The standard InChI is InChI=1S/C15H20ClFINO3/c1-6-22-13-9(7-10(16)11(17)12(13)18)8(2)19(14(20)21)15(3,4)5/h7-8H,6H2,1-5H3,(H,20,21). The molecule has 0 spiro atoms. The zero-order valence-electron chi connectivity index (χ0n) is 13.2. The molecule has 1 amide bonds. The van der Waals surface area contributed by atoms with Crippen LogP contribution >= 0.6 is 34.2 Å². The summed E-state index contributed by atoms with van der Waals surface area (Å²) in [7, 11) is 0. The highest BCUT2D eigenvalue weighted by molar-refractivity contribution is 14.1. The maximum atomic E-state index is 14.0. The normalized spacial score (nSPS) is 12.9. The smallest absolute Gasteiger partial charge is 0.408 e. The molecule has 1 N–H and O–H groups in total. The van der Waals surface area contributed by atoms with E-state index in [1.54, 1.807) is 34.6 Å². The lowest BCUT2D eigenvalue weighted by Crippen LogP contribution is -2.46. The summed E-state index contributed by atoms with van der Waals surface area (Å²) in [4.78, 5) is 12.9. The number of hydrogen-bond donors (Lipinski definition) is 1. The molecule has 1 aromatic carbocycles. The van der Waals surface area contributed by atoms with Gasteiger partial charge in [-0.05, 0) is 63.3 Å². The number of ether oxygens (including phenoxy) is 1. The highest BCUT2D eigenvalue weighted by Crippen LogP contribution is 2.40. The van der Waals surface area contributed by atoms with E-state index in [0.717, 1.165) is 0 Å². The van der Waals surface area contributed by atoms with E-state index in [1.165, 1.54) is 11.0 Å². The van der Waals surface area contributed by atoms with Crippen LogP contribution in [0.2, 0.25) is 5.02 Å². The zero-order chi connectivity index (χ0) is 17.2. The van der Waals surface area contributed by atoms with E-state index in [-0.39, 0.29) is 8.59 Å². The fourth-order valence-electron chi connectivity index (χ4n) is 2.37. The molecule has 0 radical (unpaired) electrons. The van der Waals surface area contributed by atoms with Crippen LogP contribution in [-0.2, 0) is 0 Å². The Hall–Kier alpha value is -0.760. The fourth-order valence-corrected chi connectivity index (χ4v) is 3.50. The minimum atomic E-state index is -1.06. The van der Waals surface area contributed by atoms with Crippen LogP contribution in [0.25, 0.3) is 0 Å². The monoisotopic (exact) mass is 443 g/mol. The second kappa shape index (κ2) is 7.21. The second-order valence-corrected chi connectivity index (χ2v) is 7.32. The maximum absolute atomic E-state index is 14.0. The largest absolute Gasteiger partial charge is 0.492 e. The van der Waals surface area contributed by atoms with Gasteiger partial charge in [0.2, 0.25) is 0 Å². The van der Waals surface area contributed by atoms with E-state index in [2.05, 4.69) is 0 Å². The summed E-state index contributed by atoms with van der Waals surface area (Å²) in [5, 5.41) is 9.48. The Kier molecular flexibility index (Phi) is 6.32. The Balaban J connectivity index is 3.50. The van der Waals surface area contributed by atoms with Crippen molar-refractivity contribution in [3.8, 4) is 5.75 Å². The first-order chi connectivity index (χ1) is 10.0. The van der Waals surface area contributed by atoms with Gasteiger partial charge in [0.15, 0.2) is 5.82 Å². The maximum Gasteiger partial charge on any atom is 0.408 e. The van der Waals surface area contributed by atoms with Gasteiger partial charge in [0.05, 0.1) is 21.2 Å². The van der Waals surface area contributed by atoms with E-state index in [1.807, 2.05) is 22.6 Å². The molecular formula is C15H20ClFINO3. The van der Waals surface area contributed by atoms with Gasteiger partial charge in [0, 0.05) is 11.1 Å². The summed E-state index contributed by atoms with van der Waals surface area (Å²) in [5.74, 6) is -0.215. The lowest BCUT2D eigenvalue weighted by Gasteiger charge is -2.38. The molecule has 0 aliphatic heterocycles. The van der Waals surface area contributed by atoms with Crippen molar-refractivity contribution in [1.29, 1.82) is 0 Å². The van der Waals surface area contributed by atoms with Gasteiger partial charge in [-0.15, -0.1) is 0 Å². The van der Waals surface area contributed by atoms with Crippen molar-refractivity contribution in [3.63, 3.8) is 0 Å². The van der Waals surface area contributed by atoms with Crippen LogP contribution in [-0.4, -0.2) is 28.2 Å². The number of carbonyl (C=O) groups is 1. The number of hydrogen-bond acceptors (Lipinski definition) is 2. The Morgan fingerprint density at radius 3 is 2.50 bits per heavy atom. The van der Waals surface area contributed by atoms with Gasteiger partial charge in [-0.2, -0.15) is 0 Å². The first-order valence-corrected chi connectivity index (χ1v) is 8.30. The fraction of sp³-hybridized carbons (Fsp3) is 0.533. The number of amides is 1. The third-order valence-electron chi connectivity index (χ3n) is 3.20. The molecule has 0 aromatic heterocycles. The summed E-state index contributed by atoms with van der Waals surface area (Å²) >= 11 is 7.76. The van der Waals surface area contributed by atoms with Gasteiger partial charge in [-0.3, -0.25) is 4.90 Å². The zero-order valence-corrected chi connectivity index (χ0v) is 16.1. The van der Waals surface area contributed by atoms with Crippen molar-refractivity contribution in [3.05, 3.63) is 26.0 Å². The summed E-state index contributed by atoms with van der Waals surface area (Å²) in [6, 6.07) is 0.904. The minimum Gasteiger partial charge on any atom is -0.492 e. The van der Waals surface area contributed by atoms with Gasteiger partial charge in [0.1, 0.15) is 5.75 Å². The van der Waals surface area contributed by atoms with Crippen LogP contribution in [0.4, 0.5) is 9.18 Å². The van der Waals surface area contributed by atoms with Gasteiger partial charge >= 0.3 is 6.09 Å². The Morgan fingerprint density at radius 2 is 2.09 bits per heavy atom. The number of rotatable bonds is 4. The van der Waals surface area contributed by atoms with Crippen LogP contribution in [0, 0.1) is 9.39 Å². The predicted molar refractivity (Wildman–Crippen MR) is 93.3 cm³/mol. The van der Waals surface area contributed by atoms with E-state index in [9.17, 15) is 14.3 Å². The number of nitrogens with zero attached hydrogens (tertiary/aromatic N) is 1. The van der Waals surface area contributed by atoms with Gasteiger partial charge in [0.25, 0.3) is 0 Å². The van der Waals surface area contributed by atoms with Crippen molar-refractivity contribution in [2.24, 2.45) is 0 Å². The van der Waals surface area contributed by atoms with Crippen molar-refractivity contribution in [2.75, 3.05) is 6.61 Å². The molecule has 0 heterocycles. The summed E-state index contributed by atoms with van der Waals surface area (Å²) in [5.41, 5.74) is -0.0731. The van der Waals surface area contributed by atoms with Crippen molar-refractivity contribution >= 4 is 40.3 Å². The average molecular weight is 444 g/mol. The molecule has 1 unspecified atom stereocenters. The lowest BCUT2D eigenvalue weighted by molar-refractivity contribution is 0.0743. The van der Waals surface area contributed by atoms with E-state index < -0.39 is 23.5 Å². The Bertz CT molecular complexity index is 575. The molecule has 1 rings (SSSR count). The number of carboxylic acid groups (broad SMARTS) is 1. The molecule has 0 saturated carbocycles. The number of benzene rings is 1. The lowest BCUT2D eigenvalue weighted by atomic mass is 9.99. The molecule has 4 nitrogen and oxygen atoms in total. The second-order valence-electron chi connectivity index (χ2n) is 5.84. The minimum absolute atomic E-state index is 0.0473. The van der Waals surface area contributed by atoms with E-state index >= 15 is 0 Å². The quantitative estimate of drug-likeness (QED) is 0.506. The van der Waals surface area contributed by atoms with Crippen molar-refractivity contribution < 1.29 is 19.0 Å². The van der Waals surface area contributed by atoms with Crippen LogP contribution in [0.1, 0.15) is 46.2 Å². The molecule has 0 saturated heterocycles. The molecule has 124 valence electrons. The van der Waals surface area contributed by atoms with Crippen LogP contribution in [0.5, 0.6) is 5.75 Å². The molecule has 7 heteroatoms. The van der Waals surface area contributed by atoms with Gasteiger partial charge < -0.3 is 9.84 Å². The molecule has 22 heavy (non-hydrogen) atoms. The van der Waals surface area contributed by atoms with E-state index in [4.69, 9.17) is 16.3 Å². The average Bonchev–Trinajstić information content (AvgIpc) is 2.37. The molecule has 0 aliphatic rings. The first-order valence-electron chi connectivity index (χ1n) is 6.84. The molecule has 1 atom stereocenters. The Labute approximate surface area is 148 Å². The first kappa shape index (κ1) is 19.3. The van der Waals surface area contributed by atoms with Gasteiger partial charge in [-0.1, -0.05) is 11.6 Å². The third kappa shape index (κ3) is 3.95. The van der Waals surface area contributed by atoms with Gasteiger partial charge in [-0.25, -0.2) is 9.18 Å². The molecular weight excluding hydrogens is 424 g/mol. The third-order valence-corrected chi connectivity index (χ3v) is 4.44. The Morgan fingerprint density at radius 1 is 1.55 bits per heavy atom. The van der Waals surface area contributed by atoms with E-state index in [0.29, 0.717) is 17.9 Å². The van der Waals surface area contributed by atoms with Crippen LogP contribution in [0.3, 0.4) is 0 Å². The molecule has 0 aliphatic carbocycles. The topological polar surface area (TPSA) is 49.8 Å². The molecule has 0 fully saturated rings. The predicted octanol–water partition coefficient (Wildman–Crippen LogP) is 5.32. The summed E-state index contributed by atoms with van der Waals surface area (Å²) < 4.78 is 19.8. The van der Waals surface area contributed by atoms with Crippen molar-refractivity contribution in [1.82, 2.24) is 4.90 Å². The van der Waals surface area contributed by atoms with Crippen LogP contribution in [0.15, 0.2) is 6.07 Å². The van der Waals surface area contributed by atoms with Crippen molar-refractivity contribution in [2.45, 2.75) is 46.2 Å². The summed E-state index contributed by atoms with van der Waals surface area (Å²) in [6.07, 6.45) is -1.06. The number of halogens is 3. The molecule has 0 bridgehead atoms. The SMILES string of the molecule is CCOc1c(C(C)N(C(=O)O)C(C)(C)C)cc(Cl)c(F)c1I.